The fraction of sp³-hybridized carbons (Fsp3) is 0.778. The summed E-state index contributed by atoms with van der Waals surface area (Å²) in [5.74, 6) is -0.726. The van der Waals surface area contributed by atoms with E-state index < -0.39 is 5.97 Å². The summed E-state index contributed by atoms with van der Waals surface area (Å²) in [6, 6.07) is 0. The van der Waals surface area contributed by atoms with Crippen molar-refractivity contribution in [1.82, 2.24) is 4.90 Å². The number of hydrogen-bond donors (Lipinski definition) is 1. The summed E-state index contributed by atoms with van der Waals surface area (Å²) in [5, 5.41) is 0. The maximum absolute atomic E-state index is 11.3. The molecular formula is C9H18N2O4. The maximum Gasteiger partial charge on any atom is 0.325 e. The van der Waals surface area contributed by atoms with Crippen LogP contribution >= 0.6 is 0 Å². The van der Waals surface area contributed by atoms with Crippen LogP contribution in [0.5, 0.6) is 0 Å². The molecule has 1 amide bonds. The average Bonchev–Trinajstić information content (AvgIpc) is 2.23. The first-order valence-corrected chi connectivity index (χ1v) is 4.78. The number of ether oxygens (including phenoxy) is 2. The van der Waals surface area contributed by atoms with Crippen LogP contribution in [0.1, 0.15) is 6.92 Å². The zero-order valence-electron chi connectivity index (χ0n) is 9.19. The van der Waals surface area contributed by atoms with Crippen molar-refractivity contribution in [3.8, 4) is 0 Å². The highest BCUT2D eigenvalue weighted by Crippen LogP contribution is 1.91. The van der Waals surface area contributed by atoms with Crippen LogP contribution in [0.3, 0.4) is 0 Å². The number of nitrogens with two attached hydrogens (primary N) is 1. The lowest BCUT2D eigenvalue weighted by Gasteiger charge is -2.20. The van der Waals surface area contributed by atoms with Crippen molar-refractivity contribution >= 4 is 11.9 Å². The van der Waals surface area contributed by atoms with Gasteiger partial charge in [0.05, 0.1) is 19.8 Å². The highest BCUT2D eigenvalue weighted by Gasteiger charge is 2.15. The molecule has 0 unspecified atom stereocenters. The van der Waals surface area contributed by atoms with E-state index in [1.54, 1.807) is 6.92 Å². The first kappa shape index (κ1) is 13.9. The molecule has 0 spiro atoms. The van der Waals surface area contributed by atoms with E-state index in [1.807, 2.05) is 0 Å². The Morgan fingerprint density at radius 3 is 2.53 bits per heavy atom. The Morgan fingerprint density at radius 2 is 2.07 bits per heavy atom. The van der Waals surface area contributed by atoms with Crippen LogP contribution in [0.2, 0.25) is 0 Å². The lowest BCUT2D eigenvalue weighted by atomic mass is 10.4. The van der Waals surface area contributed by atoms with Gasteiger partial charge in [-0.25, -0.2) is 0 Å². The van der Waals surface area contributed by atoms with Gasteiger partial charge in [-0.05, 0) is 6.92 Å². The Balaban J connectivity index is 4.11. The van der Waals surface area contributed by atoms with Gasteiger partial charge in [0.15, 0.2) is 0 Å². The topological polar surface area (TPSA) is 81.9 Å². The summed E-state index contributed by atoms with van der Waals surface area (Å²) >= 11 is 0. The first-order valence-electron chi connectivity index (χ1n) is 4.78. The summed E-state index contributed by atoms with van der Waals surface area (Å²) < 4.78 is 9.55. The van der Waals surface area contributed by atoms with Crippen LogP contribution in [0, 0.1) is 0 Å². The summed E-state index contributed by atoms with van der Waals surface area (Å²) in [5.41, 5.74) is 5.21. The van der Waals surface area contributed by atoms with E-state index in [0.717, 1.165) is 0 Å². The molecule has 6 heteroatoms. The minimum Gasteiger partial charge on any atom is -0.465 e. The van der Waals surface area contributed by atoms with Crippen LogP contribution in [-0.4, -0.2) is 56.7 Å². The number of carbonyl (C=O) groups is 2. The van der Waals surface area contributed by atoms with Gasteiger partial charge in [-0.3, -0.25) is 9.59 Å². The Bertz CT molecular complexity index is 208. The number of rotatable bonds is 7. The highest BCUT2D eigenvalue weighted by atomic mass is 16.5. The van der Waals surface area contributed by atoms with Gasteiger partial charge in [-0.15, -0.1) is 0 Å². The van der Waals surface area contributed by atoms with Crippen LogP contribution in [0.15, 0.2) is 0 Å². The van der Waals surface area contributed by atoms with Crippen LogP contribution < -0.4 is 5.73 Å². The molecule has 0 aliphatic heterocycles. The van der Waals surface area contributed by atoms with Gasteiger partial charge in [0.1, 0.15) is 6.54 Å². The number of methoxy groups -OCH3 is 1. The third-order valence-corrected chi connectivity index (χ3v) is 1.72. The molecule has 0 saturated heterocycles. The Kier molecular flexibility index (Phi) is 7.57. The molecule has 15 heavy (non-hydrogen) atoms. The highest BCUT2D eigenvalue weighted by molar-refractivity contribution is 5.83. The second-order valence-electron chi connectivity index (χ2n) is 2.82. The van der Waals surface area contributed by atoms with Crippen LogP contribution in [0.4, 0.5) is 0 Å². The van der Waals surface area contributed by atoms with Gasteiger partial charge in [-0.1, -0.05) is 0 Å². The molecule has 0 aromatic heterocycles. The number of hydrogen-bond acceptors (Lipinski definition) is 5. The second-order valence-corrected chi connectivity index (χ2v) is 2.82. The van der Waals surface area contributed by atoms with Gasteiger partial charge in [-0.2, -0.15) is 0 Å². The van der Waals surface area contributed by atoms with E-state index in [2.05, 4.69) is 0 Å². The Hall–Kier alpha value is -1.14. The summed E-state index contributed by atoms with van der Waals surface area (Å²) in [4.78, 5) is 23.8. The molecule has 0 aromatic carbocycles. The number of nitrogens with zero attached hydrogens (tertiary/aromatic N) is 1. The van der Waals surface area contributed by atoms with E-state index >= 15 is 0 Å². The van der Waals surface area contributed by atoms with Crippen molar-refractivity contribution in [3.05, 3.63) is 0 Å². The Morgan fingerprint density at radius 1 is 1.40 bits per heavy atom. The molecular weight excluding hydrogens is 200 g/mol. The lowest BCUT2D eigenvalue weighted by Crippen LogP contribution is -2.41. The first-order chi connectivity index (χ1) is 7.15. The van der Waals surface area contributed by atoms with E-state index in [0.29, 0.717) is 19.8 Å². The molecule has 2 N–H and O–H groups in total. The normalized spacial score (nSPS) is 9.80. The predicted molar refractivity (Wildman–Crippen MR) is 54.1 cm³/mol. The maximum atomic E-state index is 11.3. The third-order valence-electron chi connectivity index (χ3n) is 1.72. The molecule has 6 nitrogen and oxygen atoms in total. The van der Waals surface area contributed by atoms with E-state index in [4.69, 9.17) is 15.2 Å². The van der Waals surface area contributed by atoms with Gasteiger partial charge in [0.2, 0.25) is 5.91 Å². The molecule has 0 saturated carbocycles. The molecule has 0 aliphatic carbocycles. The molecule has 0 aromatic rings. The lowest BCUT2D eigenvalue weighted by molar-refractivity contribution is -0.148. The monoisotopic (exact) mass is 218 g/mol. The minimum absolute atomic E-state index is 0.0762. The fourth-order valence-electron chi connectivity index (χ4n) is 0.985. The molecule has 0 bridgehead atoms. The standard InChI is InChI=1S/C9H18N2O4/c1-3-15-9(13)7-11(4-5-14-2)8(12)6-10/h3-7,10H2,1-2H3. The summed E-state index contributed by atoms with van der Waals surface area (Å²) in [7, 11) is 1.52. The van der Waals surface area contributed by atoms with E-state index in [1.165, 1.54) is 12.0 Å². The average molecular weight is 218 g/mol. The van der Waals surface area contributed by atoms with Gasteiger partial charge in [0.25, 0.3) is 0 Å². The fourth-order valence-corrected chi connectivity index (χ4v) is 0.985. The van der Waals surface area contributed by atoms with Gasteiger partial charge < -0.3 is 20.1 Å². The number of carbonyl (C=O) groups excluding carboxylic acids is 2. The number of amides is 1. The second kappa shape index (κ2) is 8.19. The van der Waals surface area contributed by atoms with E-state index in [9.17, 15) is 9.59 Å². The summed E-state index contributed by atoms with van der Waals surface area (Å²) in [6.07, 6.45) is 0. The molecule has 88 valence electrons. The largest absolute Gasteiger partial charge is 0.465 e. The van der Waals surface area contributed by atoms with Crippen LogP contribution in [-0.2, 0) is 19.1 Å². The zero-order valence-corrected chi connectivity index (χ0v) is 9.19. The van der Waals surface area contributed by atoms with Crippen molar-refractivity contribution in [1.29, 1.82) is 0 Å². The zero-order chi connectivity index (χ0) is 11.7. The molecule has 0 radical (unpaired) electrons. The molecule has 0 aliphatic rings. The summed E-state index contributed by atoms with van der Waals surface area (Å²) in [6.45, 7) is 2.52. The predicted octanol–water partition coefficient (Wildman–Crippen LogP) is -1.02. The third kappa shape index (κ3) is 6.03. The van der Waals surface area contributed by atoms with Crippen molar-refractivity contribution in [2.75, 3.05) is 40.0 Å². The molecule has 0 atom stereocenters. The smallest absolute Gasteiger partial charge is 0.325 e. The van der Waals surface area contributed by atoms with Crippen molar-refractivity contribution in [3.63, 3.8) is 0 Å². The van der Waals surface area contributed by atoms with Gasteiger partial charge in [0, 0.05) is 13.7 Å². The minimum atomic E-state index is -0.435. The molecule has 0 heterocycles. The SMILES string of the molecule is CCOC(=O)CN(CCOC)C(=O)CN. The molecule has 0 fully saturated rings. The van der Waals surface area contributed by atoms with Crippen LogP contribution in [0.25, 0.3) is 0 Å². The molecule has 0 rings (SSSR count). The van der Waals surface area contributed by atoms with Crippen molar-refractivity contribution < 1.29 is 19.1 Å². The Labute approximate surface area is 89.3 Å². The van der Waals surface area contributed by atoms with Crippen molar-refractivity contribution in [2.45, 2.75) is 6.92 Å². The van der Waals surface area contributed by atoms with Crippen molar-refractivity contribution in [2.24, 2.45) is 5.73 Å². The number of esters is 1. The van der Waals surface area contributed by atoms with E-state index in [-0.39, 0.29) is 19.0 Å². The van der Waals surface area contributed by atoms with Gasteiger partial charge >= 0.3 is 5.97 Å². The quantitative estimate of drug-likeness (QED) is 0.553.